The van der Waals surface area contributed by atoms with Gasteiger partial charge in [-0.15, -0.1) is 10.2 Å². The molecule has 2 aromatic rings. The number of amides is 1. The molecule has 0 radical (unpaired) electrons. The van der Waals surface area contributed by atoms with Crippen LogP contribution < -0.4 is 0 Å². The van der Waals surface area contributed by atoms with Crippen molar-refractivity contribution >= 4 is 5.91 Å². The van der Waals surface area contributed by atoms with Crippen molar-refractivity contribution in [2.24, 2.45) is 0 Å². The molecule has 1 unspecified atom stereocenters. The number of fused-ring (bicyclic) bond motifs is 1. The van der Waals surface area contributed by atoms with Gasteiger partial charge in [0.1, 0.15) is 5.82 Å². The molecule has 2 aromatic heterocycles. The summed E-state index contributed by atoms with van der Waals surface area (Å²) < 4.78 is 4.23. The lowest BCUT2D eigenvalue weighted by atomic mass is 10.2. The highest BCUT2D eigenvalue weighted by Crippen LogP contribution is 2.20. The molecule has 118 valence electrons. The zero-order chi connectivity index (χ0) is 15.7. The molecule has 6 heteroatoms. The molecule has 0 fully saturated rings. The van der Waals surface area contributed by atoms with Gasteiger partial charge in [0, 0.05) is 43.9 Å². The Morgan fingerprint density at radius 3 is 2.59 bits per heavy atom. The van der Waals surface area contributed by atoms with Gasteiger partial charge in [-0.25, -0.2) is 0 Å². The third-order valence-electron chi connectivity index (χ3n) is 4.26. The van der Waals surface area contributed by atoms with Gasteiger partial charge < -0.3 is 14.0 Å². The van der Waals surface area contributed by atoms with Crippen LogP contribution in [-0.4, -0.2) is 36.7 Å². The first-order valence-corrected chi connectivity index (χ1v) is 7.88. The van der Waals surface area contributed by atoms with Crippen molar-refractivity contribution in [2.75, 3.05) is 6.54 Å². The fourth-order valence-corrected chi connectivity index (χ4v) is 2.95. The molecular formula is C16H23N5O. The number of carbonyl (C=O) groups excluding carboxylic acids is 1. The lowest BCUT2D eigenvalue weighted by Gasteiger charge is -2.29. The van der Waals surface area contributed by atoms with Gasteiger partial charge in [-0.05, 0) is 19.1 Å². The third kappa shape index (κ3) is 2.77. The maximum atomic E-state index is 12.5. The van der Waals surface area contributed by atoms with Crippen LogP contribution >= 0.6 is 0 Å². The van der Waals surface area contributed by atoms with Crippen LogP contribution in [0.4, 0.5) is 0 Å². The van der Waals surface area contributed by atoms with Crippen molar-refractivity contribution in [3.63, 3.8) is 0 Å². The van der Waals surface area contributed by atoms with E-state index in [0.717, 1.165) is 24.7 Å². The van der Waals surface area contributed by atoms with E-state index in [1.807, 2.05) is 29.4 Å². The Hall–Kier alpha value is -2.11. The largest absolute Gasteiger partial charge is 0.351 e. The van der Waals surface area contributed by atoms with Crippen LogP contribution in [0.2, 0.25) is 0 Å². The minimum Gasteiger partial charge on any atom is -0.351 e. The number of hydrogen-bond donors (Lipinski definition) is 0. The van der Waals surface area contributed by atoms with Crippen LogP contribution in [0.1, 0.15) is 50.8 Å². The van der Waals surface area contributed by atoms with E-state index < -0.39 is 0 Å². The number of aromatic nitrogens is 4. The summed E-state index contributed by atoms with van der Waals surface area (Å²) in [5.41, 5.74) is 0. The summed E-state index contributed by atoms with van der Waals surface area (Å²) in [6, 6.07) is 4.14. The molecule has 1 aliphatic heterocycles. The molecule has 1 aliphatic rings. The summed E-state index contributed by atoms with van der Waals surface area (Å²) in [6.45, 7) is 8.40. The van der Waals surface area contributed by atoms with Crippen molar-refractivity contribution in [2.45, 2.75) is 52.2 Å². The summed E-state index contributed by atoms with van der Waals surface area (Å²) in [4.78, 5) is 14.4. The highest BCUT2D eigenvalue weighted by molar-refractivity contribution is 5.76. The first-order valence-electron chi connectivity index (χ1n) is 7.88. The van der Waals surface area contributed by atoms with Crippen LogP contribution in [0, 0.1) is 0 Å². The smallest absolute Gasteiger partial charge is 0.225 e. The molecular weight excluding hydrogens is 278 g/mol. The molecule has 0 saturated carbocycles. The number of hydrogen-bond acceptors (Lipinski definition) is 3. The summed E-state index contributed by atoms with van der Waals surface area (Å²) in [5.74, 6) is 2.46. The second-order valence-corrected chi connectivity index (χ2v) is 6.28. The molecule has 6 nitrogen and oxygen atoms in total. The van der Waals surface area contributed by atoms with Crippen molar-refractivity contribution in [1.82, 2.24) is 24.2 Å². The fraction of sp³-hybridized carbons (Fsp3) is 0.562. The SMILES string of the molecule is CC(C)c1nnc2n1CCN(C(=O)CC(C)n1cccc1)C2. The molecule has 3 rings (SSSR count). The quantitative estimate of drug-likeness (QED) is 0.870. The molecule has 0 aromatic carbocycles. The molecule has 0 aliphatic carbocycles. The van der Waals surface area contributed by atoms with Crippen molar-refractivity contribution in [3.8, 4) is 0 Å². The molecule has 0 bridgehead atoms. The summed E-state index contributed by atoms with van der Waals surface area (Å²) in [6.07, 6.45) is 4.51. The monoisotopic (exact) mass is 301 g/mol. The van der Waals surface area contributed by atoms with E-state index in [-0.39, 0.29) is 11.9 Å². The summed E-state index contributed by atoms with van der Waals surface area (Å²) in [7, 11) is 0. The maximum Gasteiger partial charge on any atom is 0.225 e. The number of nitrogens with zero attached hydrogens (tertiary/aromatic N) is 5. The van der Waals surface area contributed by atoms with E-state index in [2.05, 4.69) is 40.1 Å². The first kappa shape index (κ1) is 14.8. The second kappa shape index (κ2) is 5.94. The van der Waals surface area contributed by atoms with E-state index in [4.69, 9.17) is 0 Å². The highest BCUT2D eigenvalue weighted by Gasteiger charge is 2.26. The van der Waals surface area contributed by atoms with E-state index in [1.165, 1.54) is 0 Å². The zero-order valence-electron chi connectivity index (χ0n) is 13.4. The minimum absolute atomic E-state index is 0.175. The third-order valence-corrected chi connectivity index (χ3v) is 4.26. The van der Waals surface area contributed by atoms with E-state index in [9.17, 15) is 4.79 Å². The Balaban J connectivity index is 1.65. The lowest BCUT2D eigenvalue weighted by Crippen LogP contribution is -2.39. The van der Waals surface area contributed by atoms with Gasteiger partial charge in [0.25, 0.3) is 0 Å². The topological polar surface area (TPSA) is 56.0 Å². The van der Waals surface area contributed by atoms with Gasteiger partial charge in [0.05, 0.1) is 6.54 Å². The zero-order valence-corrected chi connectivity index (χ0v) is 13.4. The van der Waals surface area contributed by atoms with Crippen LogP contribution in [-0.2, 0) is 17.9 Å². The molecule has 0 spiro atoms. The Labute approximate surface area is 130 Å². The number of rotatable bonds is 4. The van der Waals surface area contributed by atoms with Crippen LogP contribution in [0.15, 0.2) is 24.5 Å². The standard InChI is InChI=1S/C16H23N5O/c1-12(2)16-18-17-14-11-20(8-9-21(14)16)15(22)10-13(3)19-6-4-5-7-19/h4-7,12-13H,8-11H2,1-3H3. The Bertz CT molecular complexity index is 644. The summed E-state index contributed by atoms with van der Waals surface area (Å²) in [5, 5.41) is 8.52. The van der Waals surface area contributed by atoms with Crippen molar-refractivity contribution < 1.29 is 4.79 Å². The molecule has 1 atom stereocenters. The minimum atomic E-state index is 0.175. The molecule has 3 heterocycles. The Kier molecular flexibility index (Phi) is 4.00. The van der Waals surface area contributed by atoms with Gasteiger partial charge in [0.15, 0.2) is 5.82 Å². The van der Waals surface area contributed by atoms with E-state index in [1.54, 1.807) is 0 Å². The van der Waals surface area contributed by atoms with Crippen LogP contribution in [0.3, 0.4) is 0 Å². The average molecular weight is 301 g/mol. The molecule has 1 amide bonds. The Morgan fingerprint density at radius 2 is 1.91 bits per heavy atom. The fourth-order valence-electron chi connectivity index (χ4n) is 2.95. The van der Waals surface area contributed by atoms with Crippen molar-refractivity contribution in [1.29, 1.82) is 0 Å². The molecule has 0 saturated heterocycles. The normalized spacial score (nSPS) is 15.9. The van der Waals surface area contributed by atoms with E-state index in [0.29, 0.717) is 18.9 Å². The predicted octanol–water partition coefficient (Wildman–Crippen LogP) is 2.20. The van der Waals surface area contributed by atoms with Crippen molar-refractivity contribution in [3.05, 3.63) is 36.2 Å². The Morgan fingerprint density at radius 1 is 1.18 bits per heavy atom. The molecule has 22 heavy (non-hydrogen) atoms. The van der Waals surface area contributed by atoms with Gasteiger partial charge in [-0.2, -0.15) is 0 Å². The average Bonchev–Trinajstić information content (AvgIpc) is 3.15. The van der Waals surface area contributed by atoms with Gasteiger partial charge in [-0.1, -0.05) is 13.8 Å². The predicted molar refractivity (Wildman–Crippen MR) is 83.3 cm³/mol. The first-order chi connectivity index (χ1) is 10.6. The van der Waals surface area contributed by atoms with Gasteiger partial charge in [-0.3, -0.25) is 4.79 Å². The lowest BCUT2D eigenvalue weighted by molar-refractivity contribution is -0.133. The highest BCUT2D eigenvalue weighted by atomic mass is 16.2. The molecule has 0 N–H and O–H groups in total. The van der Waals surface area contributed by atoms with Crippen LogP contribution in [0.25, 0.3) is 0 Å². The van der Waals surface area contributed by atoms with Crippen LogP contribution in [0.5, 0.6) is 0 Å². The summed E-state index contributed by atoms with van der Waals surface area (Å²) >= 11 is 0. The van der Waals surface area contributed by atoms with E-state index >= 15 is 0 Å². The maximum absolute atomic E-state index is 12.5. The second-order valence-electron chi connectivity index (χ2n) is 6.28. The number of carbonyl (C=O) groups is 1. The van der Waals surface area contributed by atoms with Gasteiger partial charge >= 0.3 is 0 Å². The van der Waals surface area contributed by atoms with Gasteiger partial charge in [0.2, 0.25) is 5.91 Å².